The number of halogens is 3. The van der Waals surface area contributed by atoms with E-state index in [1.807, 2.05) is 4.90 Å². The molecule has 2 aliphatic rings. The van der Waals surface area contributed by atoms with Gasteiger partial charge in [-0.2, -0.15) is 13.2 Å². The first-order valence-electron chi connectivity index (χ1n) is 8.23. The van der Waals surface area contributed by atoms with E-state index in [2.05, 4.69) is 0 Å². The maximum atomic E-state index is 13.1. The van der Waals surface area contributed by atoms with E-state index >= 15 is 0 Å². The lowest BCUT2D eigenvalue weighted by Crippen LogP contribution is -2.51. The third-order valence-corrected chi connectivity index (χ3v) is 4.61. The van der Waals surface area contributed by atoms with Crippen LogP contribution in [0.1, 0.15) is 24.0 Å². The highest BCUT2D eigenvalue weighted by Gasteiger charge is 2.34. The summed E-state index contributed by atoms with van der Waals surface area (Å²) in [6, 6.07) is 5.67. The van der Waals surface area contributed by atoms with Crippen LogP contribution >= 0.6 is 0 Å². The third-order valence-electron chi connectivity index (χ3n) is 4.61. The van der Waals surface area contributed by atoms with E-state index in [0.717, 1.165) is 18.9 Å². The predicted octanol–water partition coefficient (Wildman–Crippen LogP) is 2.53. The normalized spacial score (nSPS) is 22.8. The second-order valence-electron chi connectivity index (χ2n) is 6.26. The monoisotopic (exact) mass is 342 g/mol. The molecule has 0 N–H and O–H groups in total. The Morgan fingerprint density at radius 3 is 2.50 bits per heavy atom. The highest BCUT2D eigenvalue weighted by atomic mass is 19.4. The molecule has 2 heterocycles. The van der Waals surface area contributed by atoms with Crippen molar-refractivity contribution in [1.82, 2.24) is 9.80 Å². The second-order valence-corrected chi connectivity index (χ2v) is 6.26. The van der Waals surface area contributed by atoms with Crippen LogP contribution in [0.5, 0.6) is 0 Å². The number of hydrogen-bond acceptors (Lipinski definition) is 3. The van der Waals surface area contributed by atoms with Crippen molar-refractivity contribution in [2.45, 2.75) is 31.7 Å². The zero-order valence-electron chi connectivity index (χ0n) is 13.4. The smallest absolute Gasteiger partial charge is 0.368 e. The summed E-state index contributed by atoms with van der Waals surface area (Å²) in [5.74, 6) is 0.0165. The molecule has 2 saturated heterocycles. The fourth-order valence-corrected chi connectivity index (χ4v) is 3.28. The average Bonchev–Trinajstić information content (AvgIpc) is 3.09. The standard InChI is InChI=1S/C17H21F3N2O2/c18-17(19,20)14-5-2-1-4-13(14)12-21-7-9-22(10-8-21)16(23)15-6-3-11-24-15/h1-2,4-5,15H,3,6-12H2. The van der Waals surface area contributed by atoms with Crippen LogP contribution < -0.4 is 0 Å². The van der Waals surface area contributed by atoms with Crippen LogP contribution in [0, 0.1) is 0 Å². The molecule has 2 fully saturated rings. The highest BCUT2D eigenvalue weighted by molar-refractivity contribution is 5.81. The Balaban J connectivity index is 1.57. The van der Waals surface area contributed by atoms with Gasteiger partial charge in [0.1, 0.15) is 6.10 Å². The molecule has 0 spiro atoms. The van der Waals surface area contributed by atoms with E-state index in [4.69, 9.17) is 4.74 Å². The Morgan fingerprint density at radius 2 is 1.88 bits per heavy atom. The lowest BCUT2D eigenvalue weighted by Gasteiger charge is -2.36. The van der Waals surface area contributed by atoms with Crippen LogP contribution in [-0.2, 0) is 22.3 Å². The van der Waals surface area contributed by atoms with E-state index in [0.29, 0.717) is 32.8 Å². The van der Waals surface area contributed by atoms with E-state index in [-0.39, 0.29) is 24.1 Å². The number of carbonyl (C=O) groups excluding carboxylic acids is 1. The van der Waals surface area contributed by atoms with Gasteiger partial charge in [0.05, 0.1) is 5.56 Å². The van der Waals surface area contributed by atoms with Crippen LogP contribution in [0.2, 0.25) is 0 Å². The Hall–Kier alpha value is -1.60. The van der Waals surface area contributed by atoms with Gasteiger partial charge in [0, 0.05) is 39.3 Å². The number of ether oxygens (including phenoxy) is 1. The van der Waals surface area contributed by atoms with Gasteiger partial charge in [-0.1, -0.05) is 18.2 Å². The number of hydrogen-bond donors (Lipinski definition) is 0. The Morgan fingerprint density at radius 1 is 1.17 bits per heavy atom. The SMILES string of the molecule is O=C(C1CCCO1)N1CCN(Cc2ccccc2C(F)(F)F)CC1. The zero-order valence-corrected chi connectivity index (χ0v) is 13.4. The van der Waals surface area contributed by atoms with Crippen molar-refractivity contribution in [3.63, 3.8) is 0 Å². The van der Waals surface area contributed by atoms with E-state index in [1.165, 1.54) is 12.1 Å². The summed E-state index contributed by atoms with van der Waals surface area (Å²) in [7, 11) is 0. The molecule has 1 aromatic carbocycles. The summed E-state index contributed by atoms with van der Waals surface area (Å²) in [4.78, 5) is 16.0. The summed E-state index contributed by atoms with van der Waals surface area (Å²) in [6.07, 6.45) is -3.00. The Bertz CT molecular complexity index is 577. The Labute approximate surface area is 139 Å². The molecule has 4 nitrogen and oxygen atoms in total. The van der Waals surface area contributed by atoms with Gasteiger partial charge in [0.25, 0.3) is 5.91 Å². The molecule has 24 heavy (non-hydrogen) atoms. The van der Waals surface area contributed by atoms with Gasteiger partial charge < -0.3 is 9.64 Å². The van der Waals surface area contributed by atoms with Crippen LogP contribution in [0.15, 0.2) is 24.3 Å². The predicted molar refractivity (Wildman–Crippen MR) is 82.3 cm³/mol. The van der Waals surface area contributed by atoms with Crippen molar-refractivity contribution in [3.8, 4) is 0 Å². The summed E-state index contributed by atoms with van der Waals surface area (Å²) < 4.78 is 44.6. The molecular formula is C17H21F3N2O2. The second kappa shape index (κ2) is 7.11. The molecule has 2 aliphatic heterocycles. The fraction of sp³-hybridized carbons (Fsp3) is 0.588. The molecule has 1 unspecified atom stereocenters. The lowest BCUT2D eigenvalue weighted by molar-refractivity contribution is -0.142. The molecule has 3 rings (SSSR count). The van der Waals surface area contributed by atoms with Crippen LogP contribution in [0.25, 0.3) is 0 Å². The van der Waals surface area contributed by atoms with Crippen molar-refractivity contribution < 1.29 is 22.7 Å². The van der Waals surface area contributed by atoms with E-state index in [9.17, 15) is 18.0 Å². The highest BCUT2D eigenvalue weighted by Crippen LogP contribution is 2.32. The van der Waals surface area contributed by atoms with Gasteiger partial charge in [-0.3, -0.25) is 9.69 Å². The summed E-state index contributed by atoms with van der Waals surface area (Å²) in [5, 5.41) is 0. The molecule has 1 atom stereocenters. The molecule has 0 saturated carbocycles. The first-order chi connectivity index (χ1) is 11.4. The van der Waals surface area contributed by atoms with Crippen molar-refractivity contribution in [1.29, 1.82) is 0 Å². The maximum absolute atomic E-state index is 13.1. The van der Waals surface area contributed by atoms with Crippen LogP contribution in [-0.4, -0.2) is 54.6 Å². The number of alkyl halides is 3. The number of rotatable bonds is 3. The first kappa shape index (κ1) is 17.2. The topological polar surface area (TPSA) is 32.8 Å². The molecule has 1 aromatic rings. The van der Waals surface area contributed by atoms with Crippen molar-refractivity contribution >= 4 is 5.91 Å². The van der Waals surface area contributed by atoms with Crippen LogP contribution in [0.4, 0.5) is 13.2 Å². The van der Waals surface area contributed by atoms with Gasteiger partial charge >= 0.3 is 6.18 Å². The third kappa shape index (κ3) is 3.89. The molecule has 1 amide bonds. The van der Waals surface area contributed by atoms with Crippen LogP contribution in [0.3, 0.4) is 0 Å². The number of nitrogens with zero attached hydrogens (tertiary/aromatic N) is 2. The van der Waals surface area contributed by atoms with Gasteiger partial charge in [-0.05, 0) is 24.5 Å². The zero-order chi connectivity index (χ0) is 17.2. The minimum Gasteiger partial charge on any atom is -0.368 e. The Kier molecular flexibility index (Phi) is 5.10. The van der Waals surface area contributed by atoms with Crippen molar-refractivity contribution in [2.24, 2.45) is 0 Å². The number of amides is 1. The van der Waals surface area contributed by atoms with Gasteiger partial charge in [0.15, 0.2) is 0 Å². The minimum absolute atomic E-state index is 0.0165. The summed E-state index contributed by atoms with van der Waals surface area (Å²) in [6.45, 7) is 3.09. The van der Waals surface area contributed by atoms with Gasteiger partial charge in [0.2, 0.25) is 0 Å². The molecule has 0 aromatic heterocycles. The number of carbonyl (C=O) groups is 1. The largest absolute Gasteiger partial charge is 0.416 e. The molecule has 0 bridgehead atoms. The number of piperazine rings is 1. The molecular weight excluding hydrogens is 321 g/mol. The van der Waals surface area contributed by atoms with E-state index < -0.39 is 11.7 Å². The van der Waals surface area contributed by atoms with Gasteiger partial charge in [-0.15, -0.1) is 0 Å². The minimum atomic E-state index is -4.34. The average molecular weight is 342 g/mol. The summed E-state index contributed by atoms with van der Waals surface area (Å²) in [5.41, 5.74) is -0.299. The quantitative estimate of drug-likeness (QED) is 0.846. The molecule has 0 radical (unpaired) electrons. The maximum Gasteiger partial charge on any atom is 0.416 e. The molecule has 7 heteroatoms. The molecule has 0 aliphatic carbocycles. The lowest BCUT2D eigenvalue weighted by atomic mass is 10.1. The van der Waals surface area contributed by atoms with Gasteiger partial charge in [-0.25, -0.2) is 0 Å². The first-order valence-corrected chi connectivity index (χ1v) is 8.23. The fourth-order valence-electron chi connectivity index (χ4n) is 3.28. The van der Waals surface area contributed by atoms with Crippen molar-refractivity contribution in [3.05, 3.63) is 35.4 Å². The molecule has 132 valence electrons. The van der Waals surface area contributed by atoms with Crippen molar-refractivity contribution in [2.75, 3.05) is 32.8 Å². The number of benzene rings is 1. The van der Waals surface area contributed by atoms with E-state index in [1.54, 1.807) is 11.0 Å². The summed E-state index contributed by atoms with van der Waals surface area (Å²) >= 11 is 0.